The summed E-state index contributed by atoms with van der Waals surface area (Å²) in [7, 11) is 0. The van der Waals surface area contributed by atoms with Crippen molar-refractivity contribution in [1.82, 2.24) is 9.97 Å². The Morgan fingerprint density at radius 3 is 2.73 bits per heavy atom. The number of hydrogen-bond acceptors (Lipinski definition) is 3. The summed E-state index contributed by atoms with van der Waals surface area (Å²) in [6.45, 7) is 7.32. The number of aromatic nitrogens is 2. The van der Waals surface area contributed by atoms with Gasteiger partial charge in [-0.2, -0.15) is 0 Å². The molecule has 0 atom stereocenters. The Bertz CT molecular complexity index is 302. The lowest BCUT2D eigenvalue weighted by atomic mass is 10.3. The van der Waals surface area contributed by atoms with E-state index in [0.29, 0.717) is 6.04 Å². The summed E-state index contributed by atoms with van der Waals surface area (Å²) in [6.07, 6.45) is 2.93. The number of aryl methyl sites for hydroxylation is 1. The maximum absolute atomic E-state index is 4.45. The molecule has 0 saturated heterocycles. The van der Waals surface area contributed by atoms with Gasteiger partial charge in [0, 0.05) is 29.8 Å². The number of nitrogens with zero attached hydrogens (tertiary/aromatic N) is 3. The van der Waals surface area contributed by atoms with Crippen molar-refractivity contribution in [3.8, 4) is 0 Å². The third-order valence-corrected chi connectivity index (χ3v) is 2.76. The van der Waals surface area contributed by atoms with Crippen LogP contribution in [0.25, 0.3) is 0 Å². The summed E-state index contributed by atoms with van der Waals surface area (Å²) in [6, 6.07) is 2.36. The van der Waals surface area contributed by atoms with E-state index in [1.807, 2.05) is 19.2 Å². The van der Waals surface area contributed by atoms with Crippen molar-refractivity contribution in [3.63, 3.8) is 0 Å². The molecule has 1 aromatic rings. The lowest BCUT2D eigenvalue weighted by Crippen LogP contribution is -2.33. The van der Waals surface area contributed by atoms with Gasteiger partial charge < -0.3 is 4.90 Å². The van der Waals surface area contributed by atoms with Gasteiger partial charge in [-0.1, -0.05) is 15.9 Å². The van der Waals surface area contributed by atoms with E-state index in [-0.39, 0.29) is 0 Å². The van der Waals surface area contributed by atoms with Gasteiger partial charge in [0.05, 0.1) is 0 Å². The number of anilines is 1. The molecule has 0 bridgehead atoms. The monoisotopic (exact) mass is 271 g/mol. The molecule has 1 rings (SSSR count). The number of alkyl halides is 1. The van der Waals surface area contributed by atoms with E-state index in [2.05, 4.69) is 44.6 Å². The molecule has 0 spiro atoms. The first-order valence-corrected chi connectivity index (χ1v) is 6.39. The van der Waals surface area contributed by atoms with Crippen LogP contribution in [0.5, 0.6) is 0 Å². The van der Waals surface area contributed by atoms with Crippen molar-refractivity contribution in [2.24, 2.45) is 0 Å². The zero-order valence-corrected chi connectivity index (χ0v) is 11.2. The van der Waals surface area contributed by atoms with Crippen LogP contribution in [0.15, 0.2) is 12.3 Å². The zero-order valence-electron chi connectivity index (χ0n) is 9.57. The Balaban J connectivity index is 2.79. The minimum atomic E-state index is 0.436. The molecule has 0 aliphatic heterocycles. The van der Waals surface area contributed by atoms with Gasteiger partial charge in [-0.25, -0.2) is 9.97 Å². The smallest absolute Gasteiger partial charge is 0.225 e. The van der Waals surface area contributed by atoms with Crippen molar-refractivity contribution in [3.05, 3.63) is 18.0 Å². The molecule has 3 nitrogen and oxygen atoms in total. The summed E-state index contributed by atoms with van der Waals surface area (Å²) >= 11 is 3.45. The molecule has 84 valence electrons. The molecule has 0 aliphatic rings. The van der Waals surface area contributed by atoms with Crippen LogP contribution in [0.3, 0.4) is 0 Å². The average Bonchev–Trinajstić information content (AvgIpc) is 2.18. The van der Waals surface area contributed by atoms with Gasteiger partial charge in [0.2, 0.25) is 5.95 Å². The molecule has 4 heteroatoms. The maximum Gasteiger partial charge on any atom is 0.225 e. The maximum atomic E-state index is 4.45. The van der Waals surface area contributed by atoms with E-state index >= 15 is 0 Å². The number of halogens is 1. The van der Waals surface area contributed by atoms with Gasteiger partial charge >= 0.3 is 0 Å². The van der Waals surface area contributed by atoms with Gasteiger partial charge in [0.15, 0.2) is 0 Å². The van der Waals surface area contributed by atoms with Crippen molar-refractivity contribution >= 4 is 21.9 Å². The van der Waals surface area contributed by atoms with Crippen LogP contribution < -0.4 is 4.90 Å². The molecule has 0 amide bonds. The Morgan fingerprint density at radius 2 is 2.20 bits per heavy atom. The van der Waals surface area contributed by atoms with Crippen LogP contribution in [-0.2, 0) is 0 Å². The largest absolute Gasteiger partial charge is 0.338 e. The van der Waals surface area contributed by atoms with E-state index in [9.17, 15) is 0 Å². The lowest BCUT2D eigenvalue weighted by molar-refractivity contribution is 0.653. The first-order valence-electron chi connectivity index (χ1n) is 5.27. The number of rotatable bonds is 5. The molecule has 0 unspecified atom stereocenters. The highest BCUT2D eigenvalue weighted by Crippen LogP contribution is 2.12. The highest BCUT2D eigenvalue weighted by atomic mass is 79.9. The third-order valence-electron chi connectivity index (χ3n) is 2.19. The molecule has 0 aliphatic carbocycles. The molecule has 1 aromatic heterocycles. The summed E-state index contributed by atoms with van der Waals surface area (Å²) < 4.78 is 0. The lowest BCUT2D eigenvalue weighted by Gasteiger charge is -2.26. The van der Waals surface area contributed by atoms with Crippen LogP contribution in [0.1, 0.15) is 26.0 Å². The first kappa shape index (κ1) is 12.4. The highest BCUT2D eigenvalue weighted by Gasteiger charge is 2.12. The minimum Gasteiger partial charge on any atom is -0.338 e. The van der Waals surface area contributed by atoms with Crippen LogP contribution in [-0.4, -0.2) is 27.9 Å². The zero-order chi connectivity index (χ0) is 11.3. The highest BCUT2D eigenvalue weighted by molar-refractivity contribution is 9.09. The molecule has 15 heavy (non-hydrogen) atoms. The second kappa shape index (κ2) is 6.05. The van der Waals surface area contributed by atoms with Crippen molar-refractivity contribution in [2.75, 3.05) is 16.8 Å². The molecule has 0 radical (unpaired) electrons. The molecule has 0 N–H and O–H groups in total. The minimum absolute atomic E-state index is 0.436. The quantitative estimate of drug-likeness (QED) is 0.772. The molecular formula is C11H18BrN3. The van der Waals surface area contributed by atoms with E-state index in [1.165, 1.54) is 0 Å². The standard InChI is InChI=1S/C11H18BrN3/c1-9(2)15(8-4-6-12)11-13-7-5-10(3)14-11/h5,7,9H,4,6,8H2,1-3H3. The fourth-order valence-electron chi connectivity index (χ4n) is 1.39. The Morgan fingerprint density at radius 1 is 1.47 bits per heavy atom. The van der Waals surface area contributed by atoms with Crippen molar-refractivity contribution in [2.45, 2.75) is 33.2 Å². The Labute approximate surface area is 100 Å². The summed E-state index contributed by atoms with van der Waals surface area (Å²) in [5.41, 5.74) is 1.02. The summed E-state index contributed by atoms with van der Waals surface area (Å²) in [4.78, 5) is 11.0. The van der Waals surface area contributed by atoms with Crippen LogP contribution >= 0.6 is 15.9 Å². The second-order valence-corrected chi connectivity index (χ2v) is 4.62. The van der Waals surface area contributed by atoms with Gasteiger partial charge in [-0.3, -0.25) is 0 Å². The molecule has 0 aromatic carbocycles. The average molecular weight is 272 g/mol. The van der Waals surface area contributed by atoms with E-state index in [1.54, 1.807) is 0 Å². The third kappa shape index (κ3) is 3.78. The summed E-state index contributed by atoms with van der Waals surface area (Å²) in [5, 5.41) is 1.02. The van der Waals surface area contributed by atoms with Crippen molar-refractivity contribution in [1.29, 1.82) is 0 Å². The predicted molar refractivity (Wildman–Crippen MR) is 67.7 cm³/mol. The number of hydrogen-bond donors (Lipinski definition) is 0. The van der Waals surface area contributed by atoms with Gasteiger partial charge in [-0.15, -0.1) is 0 Å². The second-order valence-electron chi connectivity index (χ2n) is 3.83. The molecule has 0 saturated carbocycles. The van der Waals surface area contributed by atoms with E-state index in [4.69, 9.17) is 0 Å². The molecule has 1 heterocycles. The summed E-state index contributed by atoms with van der Waals surface area (Å²) in [5.74, 6) is 0.839. The predicted octanol–water partition coefficient (Wildman–Crippen LogP) is 2.78. The van der Waals surface area contributed by atoms with Crippen LogP contribution in [0, 0.1) is 6.92 Å². The first-order chi connectivity index (χ1) is 7.15. The Kier molecular flexibility index (Phi) is 5.02. The Hall–Kier alpha value is -0.640. The fraction of sp³-hybridized carbons (Fsp3) is 0.636. The normalized spacial score (nSPS) is 10.7. The van der Waals surface area contributed by atoms with Crippen LogP contribution in [0.4, 0.5) is 5.95 Å². The van der Waals surface area contributed by atoms with Gasteiger partial charge in [0.25, 0.3) is 0 Å². The van der Waals surface area contributed by atoms with Crippen LogP contribution in [0.2, 0.25) is 0 Å². The van der Waals surface area contributed by atoms with Gasteiger partial charge in [-0.05, 0) is 33.3 Å². The molecule has 0 fully saturated rings. The molecular weight excluding hydrogens is 254 g/mol. The van der Waals surface area contributed by atoms with E-state index < -0.39 is 0 Å². The van der Waals surface area contributed by atoms with E-state index in [0.717, 1.165) is 29.9 Å². The van der Waals surface area contributed by atoms with Gasteiger partial charge in [0.1, 0.15) is 0 Å². The van der Waals surface area contributed by atoms with Crippen molar-refractivity contribution < 1.29 is 0 Å². The topological polar surface area (TPSA) is 29.0 Å². The fourth-order valence-corrected chi connectivity index (χ4v) is 1.64. The SMILES string of the molecule is Cc1ccnc(N(CCCBr)C(C)C)n1.